The summed E-state index contributed by atoms with van der Waals surface area (Å²) in [5.41, 5.74) is 7.49. The molecule has 0 bridgehead atoms. The second kappa shape index (κ2) is 3.29. The Morgan fingerprint density at radius 3 is 2.33 bits per heavy atom. The Labute approximate surface area is 95.9 Å². The van der Waals surface area contributed by atoms with Crippen LogP contribution in [0.15, 0.2) is 0 Å². The molecule has 1 fully saturated rings. The molecule has 1 aliphatic rings. The topological polar surface area (TPSA) is 38.9 Å². The predicted molar refractivity (Wildman–Crippen MR) is 65.5 cm³/mol. The van der Waals surface area contributed by atoms with Crippen LogP contribution in [0, 0.1) is 6.92 Å². The highest BCUT2D eigenvalue weighted by Crippen LogP contribution is 2.49. The normalized spacial score (nSPS) is 19.3. The third-order valence-electron chi connectivity index (χ3n) is 3.20. The van der Waals surface area contributed by atoms with Crippen molar-refractivity contribution in [3.8, 4) is 0 Å². The Kier molecular flexibility index (Phi) is 2.43. The van der Waals surface area contributed by atoms with Gasteiger partial charge in [-0.25, -0.2) is 4.98 Å². The van der Waals surface area contributed by atoms with Gasteiger partial charge in [0.15, 0.2) is 0 Å². The van der Waals surface area contributed by atoms with Crippen LogP contribution in [0.2, 0.25) is 0 Å². The summed E-state index contributed by atoms with van der Waals surface area (Å²) in [6, 6.07) is 0. The zero-order chi connectivity index (χ0) is 11.3. The molecule has 0 saturated heterocycles. The second-order valence-electron chi connectivity index (χ2n) is 5.66. The molecule has 84 valence electrons. The van der Waals surface area contributed by atoms with Gasteiger partial charge in [-0.3, -0.25) is 0 Å². The molecule has 3 heteroatoms. The molecule has 0 aliphatic heterocycles. The minimum atomic E-state index is 0.156. The minimum Gasteiger partial charge on any atom is -0.329 e. The lowest BCUT2D eigenvalue weighted by Gasteiger charge is -2.16. The van der Waals surface area contributed by atoms with Crippen molar-refractivity contribution in [3.63, 3.8) is 0 Å². The lowest BCUT2D eigenvalue weighted by molar-refractivity contribution is 0.562. The molecular weight excluding hydrogens is 204 g/mol. The highest BCUT2D eigenvalue weighted by Gasteiger charge is 2.46. The van der Waals surface area contributed by atoms with Crippen molar-refractivity contribution in [2.45, 2.75) is 51.4 Å². The second-order valence-corrected chi connectivity index (χ2v) is 6.86. The van der Waals surface area contributed by atoms with E-state index in [0.717, 1.165) is 6.54 Å². The van der Waals surface area contributed by atoms with E-state index in [1.807, 2.05) is 11.3 Å². The van der Waals surface area contributed by atoms with Crippen LogP contribution in [0.4, 0.5) is 0 Å². The fourth-order valence-corrected chi connectivity index (χ4v) is 3.35. The Morgan fingerprint density at radius 2 is 2.00 bits per heavy atom. The summed E-state index contributed by atoms with van der Waals surface area (Å²) in [4.78, 5) is 6.18. The van der Waals surface area contributed by atoms with Gasteiger partial charge in [0.2, 0.25) is 0 Å². The van der Waals surface area contributed by atoms with E-state index >= 15 is 0 Å². The van der Waals surface area contributed by atoms with E-state index in [2.05, 4.69) is 27.7 Å². The maximum Gasteiger partial charge on any atom is 0.101 e. The van der Waals surface area contributed by atoms with Crippen molar-refractivity contribution in [1.82, 2.24) is 4.98 Å². The van der Waals surface area contributed by atoms with Crippen molar-refractivity contribution < 1.29 is 0 Å². The lowest BCUT2D eigenvalue weighted by Crippen LogP contribution is -2.20. The summed E-state index contributed by atoms with van der Waals surface area (Å²) >= 11 is 1.84. The Hall–Kier alpha value is -0.410. The van der Waals surface area contributed by atoms with Crippen molar-refractivity contribution in [2.24, 2.45) is 5.73 Å². The van der Waals surface area contributed by atoms with E-state index in [0.29, 0.717) is 0 Å². The Balaban J connectivity index is 2.38. The number of thiazole rings is 1. The number of rotatable bonds is 2. The third kappa shape index (κ3) is 1.83. The summed E-state index contributed by atoms with van der Waals surface area (Å²) in [6.45, 7) is 9.60. The SMILES string of the molecule is Cc1sc(C2(CN)CC2)nc1C(C)(C)C. The molecule has 1 aromatic rings. The number of aryl methyl sites for hydroxylation is 1. The van der Waals surface area contributed by atoms with Crippen LogP contribution in [-0.2, 0) is 10.8 Å². The highest BCUT2D eigenvalue weighted by atomic mass is 32.1. The van der Waals surface area contributed by atoms with Crippen LogP contribution in [0.5, 0.6) is 0 Å². The first-order valence-electron chi connectivity index (χ1n) is 5.57. The monoisotopic (exact) mass is 224 g/mol. The van der Waals surface area contributed by atoms with Crippen LogP contribution in [0.3, 0.4) is 0 Å². The average Bonchev–Trinajstić information content (AvgIpc) is 2.82. The van der Waals surface area contributed by atoms with Crippen LogP contribution < -0.4 is 5.73 Å². The molecule has 1 aliphatic carbocycles. The van der Waals surface area contributed by atoms with Gasteiger partial charge in [-0.2, -0.15) is 0 Å². The van der Waals surface area contributed by atoms with Gasteiger partial charge in [0.25, 0.3) is 0 Å². The van der Waals surface area contributed by atoms with E-state index in [4.69, 9.17) is 10.7 Å². The van der Waals surface area contributed by atoms with Crippen molar-refractivity contribution in [1.29, 1.82) is 0 Å². The summed E-state index contributed by atoms with van der Waals surface area (Å²) < 4.78 is 0. The molecule has 1 saturated carbocycles. The van der Waals surface area contributed by atoms with Crippen molar-refractivity contribution in [3.05, 3.63) is 15.6 Å². The molecule has 0 radical (unpaired) electrons. The molecule has 0 atom stereocenters. The van der Waals surface area contributed by atoms with E-state index < -0.39 is 0 Å². The molecule has 2 N–H and O–H groups in total. The van der Waals surface area contributed by atoms with Gasteiger partial charge in [-0.05, 0) is 19.8 Å². The molecule has 1 heterocycles. The lowest BCUT2D eigenvalue weighted by atomic mass is 9.91. The van der Waals surface area contributed by atoms with Gasteiger partial charge in [-0.15, -0.1) is 11.3 Å². The summed E-state index contributed by atoms with van der Waals surface area (Å²) in [7, 11) is 0. The van der Waals surface area contributed by atoms with Crippen LogP contribution in [0.25, 0.3) is 0 Å². The van der Waals surface area contributed by atoms with Gasteiger partial charge in [0.1, 0.15) is 5.01 Å². The van der Waals surface area contributed by atoms with Gasteiger partial charge in [0.05, 0.1) is 5.69 Å². The van der Waals surface area contributed by atoms with Gasteiger partial charge >= 0.3 is 0 Å². The maximum atomic E-state index is 5.84. The van der Waals surface area contributed by atoms with Crippen LogP contribution in [-0.4, -0.2) is 11.5 Å². The molecule has 0 unspecified atom stereocenters. The van der Waals surface area contributed by atoms with E-state index in [9.17, 15) is 0 Å². The summed E-state index contributed by atoms with van der Waals surface area (Å²) in [5, 5.41) is 1.27. The first-order chi connectivity index (χ1) is 6.89. The number of hydrogen-bond acceptors (Lipinski definition) is 3. The Morgan fingerprint density at radius 1 is 1.40 bits per heavy atom. The number of nitrogens with zero attached hydrogens (tertiary/aromatic N) is 1. The van der Waals surface area contributed by atoms with E-state index in [-0.39, 0.29) is 10.8 Å². The largest absolute Gasteiger partial charge is 0.329 e. The summed E-state index contributed by atoms with van der Waals surface area (Å²) in [6.07, 6.45) is 2.44. The molecule has 0 amide bonds. The van der Waals surface area contributed by atoms with Gasteiger partial charge in [-0.1, -0.05) is 20.8 Å². The van der Waals surface area contributed by atoms with Crippen molar-refractivity contribution >= 4 is 11.3 Å². The van der Waals surface area contributed by atoms with Gasteiger partial charge < -0.3 is 5.73 Å². The van der Waals surface area contributed by atoms with Gasteiger partial charge in [0, 0.05) is 22.3 Å². The number of hydrogen-bond donors (Lipinski definition) is 1. The maximum absolute atomic E-state index is 5.84. The first kappa shape index (κ1) is 11.1. The molecular formula is C12H20N2S. The molecule has 0 aromatic carbocycles. The minimum absolute atomic E-state index is 0.156. The van der Waals surface area contributed by atoms with Crippen LogP contribution >= 0.6 is 11.3 Å². The molecule has 0 spiro atoms. The standard InChI is InChI=1S/C12H20N2S/c1-8-9(11(2,3)4)14-10(15-8)12(7-13)5-6-12/h5-7,13H2,1-4H3. The zero-order valence-electron chi connectivity index (χ0n) is 10.1. The quantitative estimate of drug-likeness (QED) is 0.839. The average molecular weight is 224 g/mol. The highest BCUT2D eigenvalue weighted by molar-refractivity contribution is 7.11. The molecule has 15 heavy (non-hydrogen) atoms. The Bertz CT molecular complexity index is 369. The van der Waals surface area contributed by atoms with E-state index in [1.165, 1.54) is 28.4 Å². The molecule has 2 rings (SSSR count). The van der Waals surface area contributed by atoms with Crippen LogP contribution in [0.1, 0.15) is 49.2 Å². The first-order valence-corrected chi connectivity index (χ1v) is 6.39. The fourth-order valence-electron chi connectivity index (χ4n) is 1.98. The fraction of sp³-hybridized carbons (Fsp3) is 0.750. The van der Waals surface area contributed by atoms with E-state index in [1.54, 1.807) is 0 Å². The summed E-state index contributed by atoms with van der Waals surface area (Å²) in [5.74, 6) is 0. The molecule has 2 nitrogen and oxygen atoms in total. The number of aromatic nitrogens is 1. The zero-order valence-corrected chi connectivity index (χ0v) is 10.9. The predicted octanol–water partition coefficient (Wildman–Crippen LogP) is 2.74. The third-order valence-corrected chi connectivity index (χ3v) is 4.42. The van der Waals surface area contributed by atoms with Crippen molar-refractivity contribution in [2.75, 3.05) is 6.54 Å². The number of nitrogens with two attached hydrogens (primary N) is 1. The smallest absolute Gasteiger partial charge is 0.101 e. The molecule has 1 aromatic heterocycles.